The first-order valence-corrected chi connectivity index (χ1v) is 8.16. The number of benzene rings is 1. The standard InChI is InChI=1S/C19H20N4O2/c1-3-9-22-19(24)18-17(20)13-6-4-7-16(14(13)11-23-18)25-15-8-5-10-21-12(15)2/h4-8,10-11H,3,9,20H2,1-2H3,(H,22,24). The van der Waals surface area contributed by atoms with Crippen LogP contribution in [-0.4, -0.2) is 22.4 Å². The summed E-state index contributed by atoms with van der Waals surface area (Å²) >= 11 is 0. The molecule has 0 spiro atoms. The van der Waals surface area contributed by atoms with Crippen molar-refractivity contribution in [2.45, 2.75) is 20.3 Å². The Hall–Kier alpha value is -3.15. The van der Waals surface area contributed by atoms with Crippen LogP contribution in [0.1, 0.15) is 29.5 Å². The summed E-state index contributed by atoms with van der Waals surface area (Å²) in [5.74, 6) is 1.02. The van der Waals surface area contributed by atoms with E-state index >= 15 is 0 Å². The van der Waals surface area contributed by atoms with Gasteiger partial charge in [0.2, 0.25) is 0 Å². The molecular weight excluding hydrogens is 316 g/mol. The van der Waals surface area contributed by atoms with E-state index in [-0.39, 0.29) is 11.6 Å². The van der Waals surface area contributed by atoms with Gasteiger partial charge in [0.25, 0.3) is 5.91 Å². The molecule has 0 aliphatic rings. The molecule has 0 aliphatic carbocycles. The second kappa shape index (κ2) is 7.17. The van der Waals surface area contributed by atoms with Crippen LogP contribution >= 0.6 is 0 Å². The Morgan fingerprint density at radius 1 is 1.16 bits per heavy atom. The number of carbonyl (C=O) groups excluding carboxylic acids is 1. The number of hydrogen-bond donors (Lipinski definition) is 2. The molecule has 3 rings (SSSR count). The van der Waals surface area contributed by atoms with Crippen molar-refractivity contribution in [1.29, 1.82) is 0 Å². The van der Waals surface area contributed by atoms with Gasteiger partial charge in [-0.25, -0.2) is 4.98 Å². The molecule has 0 saturated heterocycles. The Morgan fingerprint density at radius 2 is 1.96 bits per heavy atom. The molecule has 6 heteroatoms. The van der Waals surface area contributed by atoms with Crippen LogP contribution in [0, 0.1) is 6.92 Å². The van der Waals surface area contributed by atoms with E-state index in [1.54, 1.807) is 12.4 Å². The zero-order valence-electron chi connectivity index (χ0n) is 14.2. The number of nitrogens with zero attached hydrogens (tertiary/aromatic N) is 2. The Balaban J connectivity index is 2.01. The largest absolute Gasteiger partial charge is 0.455 e. The second-order valence-electron chi connectivity index (χ2n) is 5.68. The number of hydrogen-bond acceptors (Lipinski definition) is 5. The smallest absolute Gasteiger partial charge is 0.272 e. The van der Waals surface area contributed by atoms with Gasteiger partial charge in [-0.15, -0.1) is 0 Å². The van der Waals surface area contributed by atoms with Crippen LogP contribution in [-0.2, 0) is 0 Å². The summed E-state index contributed by atoms with van der Waals surface area (Å²) in [7, 11) is 0. The average molecular weight is 336 g/mol. The molecule has 1 aromatic carbocycles. The lowest BCUT2D eigenvalue weighted by molar-refractivity contribution is 0.0950. The molecule has 2 heterocycles. The van der Waals surface area contributed by atoms with Crippen LogP contribution in [0.3, 0.4) is 0 Å². The number of nitrogens with one attached hydrogen (secondary N) is 1. The molecule has 3 aromatic rings. The van der Waals surface area contributed by atoms with Gasteiger partial charge in [-0.3, -0.25) is 9.78 Å². The molecule has 0 atom stereocenters. The van der Waals surface area contributed by atoms with Crippen LogP contribution in [0.15, 0.2) is 42.7 Å². The molecule has 128 valence electrons. The molecule has 2 aromatic heterocycles. The number of nitrogen functional groups attached to an aromatic ring is 1. The van der Waals surface area contributed by atoms with Crippen molar-refractivity contribution >= 4 is 22.4 Å². The van der Waals surface area contributed by atoms with Crippen molar-refractivity contribution in [3.63, 3.8) is 0 Å². The molecule has 3 N–H and O–H groups in total. The van der Waals surface area contributed by atoms with E-state index in [1.165, 1.54) is 0 Å². The maximum absolute atomic E-state index is 12.2. The first-order chi connectivity index (χ1) is 12.1. The highest BCUT2D eigenvalue weighted by Gasteiger charge is 2.16. The maximum atomic E-state index is 12.2. The number of fused-ring (bicyclic) bond motifs is 1. The molecule has 0 fully saturated rings. The number of anilines is 1. The summed E-state index contributed by atoms with van der Waals surface area (Å²) in [6.45, 7) is 4.45. The summed E-state index contributed by atoms with van der Waals surface area (Å²) < 4.78 is 5.98. The third kappa shape index (κ3) is 3.38. The highest BCUT2D eigenvalue weighted by molar-refractivity contribution is 6.06. The quantitative estimate of drug-likeness (QED) is 0.745. The third-order valence-electron chi connectivity index (χ3n) is 3.86. The SMILES string of the molecule is CCCNC(=O)c1ncc2c(Oc3cccnc3C)cccc2c1N. The fourth-order valence-corrected chi connectivity index (χ4v) is 2.53. The van der Waals surface area contributed by atoms with Crippen molar-refractivity contribution in [2.75, 3.05) is 12.3 Å². The van der Waals surface area contributed by atoms with Crippen molar-refractivity contribution in [3.05, 3.63) is 54.1 Å². The first-order valence-electron chi connectivity index (χ1n) is 8.16. The Kier molecular flexibility index (Phi) is 4.79. The number of ether oxygens (including phenoxy) is 1. The number of nitrogens with two attached hydrogens (primary N) is 1. The summed E-state index contributed by atoms with van der Waals surface area (Å²) in [6, 6.07) is 9.20. The molecular formula is C19H20N4O2. The van der Waals surface area contributed by atoms with Gasteiger partial charge >= 0.3 is 0 Å². The van der Waals surface area contributed by atoms with E-state index < -0.39 is 0 Å². The van der Waals surface area contributed by atoms with Gasteiger partial charge in [-0.2, -0.15) is 0 Å². The van der Waals surface area contributed by atoms with Gasteiger partial charge in [-0.1, -0.05) is 19.1 Å². The van der Waals surface area contributed by atoms with Crippen molar-refractivity contribution < 1.29 is 9.53 Å². The zero-order valence-corrected chi connectivity index (χ0v) is 14.2. The Morgan fingerprint density at radius 3 is 2.72 bits per heavy atom. The number of carbonyl (C=O) groups is 1. The van der Waals surface area contributed by atoms with E-state index in [1.807, 2.05) is 44.2 Å². The van der Waals surface area contributed by atoms with Crippen LogP contribution in [0.25, 0.3) is 10.8 Å². The first kappa shape index (κ1) is 16.7. The minimum Gasteiger partial charge on any atom is -0.455 e. The average Bonchev–Trinajstić information content (AvgIpc) is 2.62. The highest BCUT2D eigenvalue weighted by atomic mass is 16.5. The van der Waals surface area contributed by atoms with E-state index in [0.717, 1.165) is 22.9 Å². The van der Waals surface area contributed by atoms with Crippen LogP contribution in [0.4, 0.5) is 5.69 Å². The number of aryl methyl sites for hydroxylation is 1. The highest BCUT2D eigenvalue weighted by Crippen LogP contribution is 2.33. The summed E-state index contributed by atoms with van der Waals surface area (Å²) in [5, 5.41) is 4.27. The summed E-state index contributed by atoms with van der Waals surface area (Å²) in [5.41, 5.74) is 7.56. The van der Waals surface area contributed by atoms with Gasteiger partial charge in [0.1, 0.15) is 11.5 Å². The van der Waals surface area contributed by atoms with E-state index in [4.69, 9.17) is 10.5 Å². The molecule has 0 saturated carbocycles. The second-order valence-corrected chi connectivity index (χ2v) is 5.68. The van der Waals surface area contributed by atoms with Crippen LogP contribution in [0.5, 0.6) is 11.5 Å². The molecule has 25 heavy (non-hydrogen) atoms. The third-order valence-corrected chi connectivity index (χ3v) is 3.86. The summed E-state index contributed by atoms with van der Waals surface area (Å²) in [4.78, 5) is 20.7. The molecule has 0 radical (unpaired) electrons. The van der Waals surface area contributed by atoms with E-state index in [0.29, 0.717) is 23.7 Å². The summed E-state index contributed by atoms with van der Waals surface area (Å²) in [6.07, 6.45) is 4.18. The maximum Gasteiger partial charge on any atom is 0.272 e. The number of aromatic nitrogens is 2. The number of amides is 1. The molecule has 0 aliphatic heterocycles. The number of rotatable bonds is 5. The predicted octanol–water partition coefficient (Wildman–Crippen LogP) is 3.45. The fraction of sp³-hybridized carbons (Fsp3) is 0.211. The predicted molar refractivity (Wildman–Crippen MR) is 97.8 cm³/mol. The van der Waals surface area contributed by atoms with Gasteiger partial charge in [0.15, 0.2) is 5.69 Å². The van der Waals surface area contributed by atoms with Gasteiger partial charge in [0, 0.05) is 29.7 Å². The van der Waals surface area contributed by atoms with Gasteiger partial charge in [0.05, 0.1) is 11.4 Å². The lowest BCUT2D eigenvalue weighted by Crippen LogP contribution is -2.26. The molecule has 0 unspecified atom stereocenters. The molecule has 0 bridgehead atoms. The Bertz CT molecular complexity index is 924. The van der Waals surface area contributed by atoms with Gasteiger partial charge in [-0.05, 0) is 31.5 Å². The van der Waals surface area contributed by atoms with Crippen molar-refractivity contribution in [1.82, 2.24) is 15.3 Å². The number of pyridine rings is 2. The van der Waals surface area contributed by atoms with E-state index in [2.05, 4.69) is 15.3 Å². The minimum absolute atomic E-state index is 0.232. The zero-order chi connectivity index (χ0) is 17.8. The van der Waals surface area contributed by atoms with Crippen LogP contribution in [0.2, 0.25) is 0 Å². The van der Waals surface area contributed by atoms with Crippen LogP contribution < -0.4 is 15.8 Å². The van der Waals surface area contributed by atoms with Crippen molar-refractivity contribution in [2.24, 2.45) is 0 Å². The molecule has 1 amide bonds. The Labute approximate surface area is 146 Å². The lowest BCUT2D eigenvalue weighted by Gasteiger charge is -2.13. The van der Waals surface area contributed by atoms with E-state index in [9.17, 15) is 4.79 Å². The fourth-order valence-electron chi connectivity index (χ4n) is 2.53. The monoisotopic (exact) mass is 336 g/mol. The molecule has 6 nitrogen and oxygen atoms in total. The van der Waals surface area contributed by atoms with Gasteiger partial charge < -0.3 is 15.8 Å². The lowest BCUT2D eigenvalue weighted by atomic mass is 10.1. The minimum atomic E-state index is -0.268. The topological polar surface area (TPSA) is 90.1 Å². The van der Waals surface area contributed by atoms with Crippen molar-refractivity contribution in [3.8, 4) is 11.5 Å². The normalized spacial score (nSPS) is 10.6.